The zero-order valence-corrected chi connectivity index (χ0v) is 15.8. The van der Waals surface area contributed by atoms with E-state index in [1.807, 2.05) is 0 Å². The van der Waals surface area contributed by atoms with E-state index in [4.69, 9.17) is 0 Å². The average molecular weight is 408 g/mol. The first-order valence-electron chi connectivity index (χ1n) is 7.90. The van der Waals surface area contributed by atoms with E-state index >= 15 is 0 Å². The highest BCUT2D eigenvalue weighted by Gasteiger charge is 2.23. The van der Waals surface area contributed by atoms with Gasteiger partial charge in [-0.05, 0) is 19.1 Å². The molecule has 1 amide bonds. The highest BCUT2D eigenvalue weighted by Crippen LogP contribution is 2.21. The number of hydrogen-bond donors (Lipinski definition) is 1. The molecule has 0 atom stereocenters. The van der Waals surface area contributed by atoms with Gasteiger partial charge in [0.2, 0.25) is 10.0 Å². The molecule has 2 rings (SSSR count). The highest BCUT2D eigenvalue weighted by molar-refractivity contribution is 7.92. The van der Waals surface area contributed by atoms with Crippen molar-refractivity contribution in [2.24, 2.45) is 5.10 Å². The van der Waals surface area contributed by atoms with Crippen LogP contribution in [0.15, 0.2) is 53.6 Å². The van der Waals surface area contributed by atoms with Gasteiger partial charge >= 0.3 is 0 Å². The van der Waals surface area contributed by atoms with Crippen LogP contribution < -0.4 is 9.73 Å². The fourth-order valence-corrected chi connectivity index (χ4v) is 3.11. The predicted octanol–water partition coefficient (Wildman–Crippen LogP) is 2.04. The summed E-state index contributed by atoms with van der Waals surface area (Å²) in [7, 11) is -3.93. The number of nitrogens with one attached hydrogen (secondary N) is 1. The molecule has 28 heavy (non-hydrogen) atoms. The van der Waals surface area contributed by atoms with Gasteiger partial charge in [-0.15, -0.1) is 0 Å². The highest BCUT2D eigenvalue weighted by atomic mass is 32.2. The quantitative estimate of drug-likeness (QED) is 0.427. The van der Waals surface area contributed by atoms with Crippen molar-refractivity contribution in [1.82, 2.24) is 5.43 Å². The van der Waals surface area contributed by atoms with E-state index < -0.39 is 33.2 Å². The fourth-order valence-electron chi connectivity index (χ4n) is 2.26. The first-order valence-corrected chi connectivity index (χ1v) is 9.74. The summed E-state index contributed by atoms with van der Waals surface area (Å²) >= 11 is 0. The number of benzene rings is 2. The van der Waals surface area contributed by atoms with Gasteiger partial charge in [-0.1, -0.05) is 24.3 Å². The topological polar surface area (TPSA) is 122 Å². The number of nitro benzene ring substituents is 1. The Morgan fingerprint density at radius 2 is 1.93 bits per heavy atom. The van der Waals surface area contributed by atoms with Crippen LogP contribution in [-0.4, -0.2) is 37.8 Å². The zero-order valence-electron chi connectivity index (χ0n) is 15.0. The number of carbonyl (C=O) groups excluding carboxylic acids is 1. The lowest BCUT2D eigenvalue weighted by atomic mass is 10.1. The molecule has 0 unspecified atom stereocenters. The van der Waals surface area contributed by atoms with Gasteiger partial charge in [-0.25, -0.2) is 18.2 Å². The molecule has 0 aliphatic carbocycles. The van der Waals surface area contributed by atoms with Crippen LogP contribution in [0.4, 0.5) is 15.8 Å². The zero-order chi connectivity index (χ0) is 20.9. The number of halogens is 1. The molecule has 11 heteroatoms. The van der Waals surface area contributed by atoms with Crippen LogP contribution >= 0.6 is 0 Å². The maximum Gasteiger partial charge on any atom is 0.270 e. The molecule has 1 N–H and O–H groups in total. The normalized spacial score (nSPS) is 11.8. The van der Waals surface area contributed by atoms with E-state index in [9.17, 15) is 27.7 Å². The van der Waals surface area contributed by atoms with Crippen LogP contribution in [-0.2, 0) is 14.8 Å². The molecule has 0 heterocycles. The summed E-state index contributed by atoms with van der Waals surface area (Å²) < 4.78 is 38.5. The van der Waals surface area contributed by atoms with E-state index in [0.29, 0.717) is 9.87 Å². The summed E-state index contributed by atoms with van der Waals surface area (Å²) in [5.41, 5.74) is 2.45. The summed E-state index contributed by atoms with van der Waals surface area (Å²) in [6.45, 7) is 0.829. The van der Waals surface area contributed by atoms with Gasteiger partial charge in [-0.3, -0.25) is 19.2 Å². The number of amides is 1. The molecule has 0 aliphatic rings. The second-order valence-corrected chi connectivity index (χ2v) is 7.67. The Balaban J connectivity index is 2.17. The molecule has 0 spiro atoms. The minimum absolute atomic E-state index is 0.138. The van der Waals surface area contributed by atoms with Crippen molar-refractivity contribution in [1.29, 1.82) is 0 Å². The maximum atomic E-state index is 13.9. The van der Waals surface area contributed by atoms with Crippen LogP contribution in [0, 0.1) is 15.9 Å². The van der Waals surface area contributed by atoms with E-state index in [2.05, 4.69) is 10.5 Å². The smallest absolute Gasteiger partial charge is 0.270 e. The average Bonchev–Trinajstić information content (AvgIpc) is 2.64. The number of non-ortho nitro benzene ring substituents is 1. The van der Waals surface area contributed by atoms with Gasteiger partial charge in [-0.2, -0.15) is 5.10 Å². The Kier molecular flexibility index (Phi) is 6.41. The second-order valence-electron chi connectivity index (χ2n) is 5.76. The molecule has 0 saturated carbocycles. The van der Waals surface area contributed by atoms with Crippen LogP contribution in [0.3, 0.4) is 0 Å². The van der Waals surface area contributed by atoms with Crippen LogP contribution in [0.5, 0.6) is 0 Å². The third kappa shape index (κ3) is 5.33. The van der Waals surface area contributed by atoms with E-state index in [0.717, 1.165) is 12.3 Å². The van der Waals surface area contributed by atoms with Crippen molar-refractivity contribution in [3.63, 3.8) is 0 Å². The predicted molar refractivity (Wildman–Crippen MR) is 102 cm³/mol. The van der Waals surface area contributed by atoms with E-state index in [1.165, 1.54) is 43.3 Å². The molecular weight excluding hydrogens is 391 g/mol. The minimum atomic E-state index is -3.93. The minimum Gasteiger partial charge on any atom is -0.271 e. The van der Waals surface area contributed by atoms with Crippen LogP contribution in [0.1, 0.15) is 12.5 Å². The maximum absolute atomic E-state index is 13.9. The fraction of sp³-hybridized carbons (Fsp3) is 0.176. The molecule has 0 aliphatic heterocycles. The molecule has 2 aromatic rings. The Morgan fingerprint density at radius 3 is 2.54 bits per heavy atom. The largest absolute Gasteiger partial charge is 0.271 e. The molecule has 0 aromatic heterocycles. The summed E-state index contributed by atoms with van der Waals surface area (Å²) in [6.07, 6.45) is 0.852. The molecule has 0 fully saturated rings. The summed E-state index contributed by atoms with van der Waals surface area (Å²) in [6, 6.07) is 10.8. The Labute approximate surface area is 160 Å². The second kappa shape index (κ2) is 8.57. The molecule has 2 aromatic carbocycles. The number of para-hydroxylation sites is 1. The van der Waals surface area contributed by atoms with Gasteiger partial charge < -0.3 is 0 Å². The summed E-state index contributed by atoms with van der Waals surface area (Å²) in [5.74, 6) is -1.60. The van der Waals surface area contributed by atoms with Crippen molar-refractivity contribution < 1.29 is 22.5 Å². The van der Waals surface area contributed by atoms with E-state index in [-0.39, 0.29) is 17.1 Å². The lowest BCUT2D eigenvalue weighted by molar-refractivity contribution is -0.384. The Bertz CT molecular complexity index is 1040. The Morgan fingerprint density at radius 1 is 1.25 bits per heavy atom. The summed E-state index contributed by atoms with van der Waals surface area (Å²) in [4.78, 5) is 22.4. The van der Waals surface area contributed by atoms with Crippen LogP contribution in [0.2, 0.25) is 0 Å². The van der Waals surface area contributed by atoms with Gasteiger partial charge in [0.15, 0.2) is 0 Å². The number of hydrogen-bond acceptors (Lipinski definition) is 6. The number of anilines is 1. The van der Waals surface area contributed by atoms with Gasteiger partial charge in [0, 0.05) is 17.7 Å². The molecule has 148 valence electrons. The number of sulfonamides is 1. The third-order valence-electron chi connectivity index (χ3n) is 3.63. The lowest BCUT2D eigenvalue weighted by Gasteiger charge is -2.21. The van der Waals surface area contributed by atoms with Crippen LogP contribution in [0.25, 0.3) is 0 Å². The van der Waals surface area contributed by atoms with E-state index in [1.54, 1.807) is 6.07 Å². The van der Waals surface area contributed by atoms with Crippen molar-refractivity contribution in [2.45, 2.75) is 6.92 Å². The van der Waals surface area contributed by atoms with Crippen molar-refractivity contribution >= 4 is 33.0 Å². The third-order valence-corrected chi connectivity index (χ3v) is 4.76. The first-order chi connectivity index (χ1) is 13.1. The molecule has 0 saturated heterocycles. The van der Waals surface area contributed by atoms with Gasteiger partial charge in [0.05, 0.1) is 22.6 Å². The molecular formula is C17H17FN4O5S. The number of nitrogens with zero attached hydrogens (tertiary/aromatic N) is 3. The van der Waals surface area contributed by atoms with Crippen molar-refractivity contribution in [3.05, 3.63) is 70.0 Å². The monoisotopic (exact) mass is 408 g/mol. The molecule has 0 radical (unpaired) electrons. The van der Waals surface area contributed by atoms with Gasteiger partial charge in [0.25, 0.3) is 11.6 Å². The molecule has 0 bridgehead atoms. The standard InChI is InChI=1S/C17H17FN4O5S/c1-12(13-6-5-7-14(10-13)22(24)25)19-20-17(23)11-21(28(2,26)27)16-9-4-3-8-15(16)18/h3-10H,11H2,1-2H3,(H,20,23)/b19-12-. The van der Waals surface area contributed by atoms with Gasteiger partial charge in [0.1, 0.15) is 12.4 Å². The summed E-state index contributed by atoms with van der Waals surface area (Å²) in [5, 5.41) is 14.6. The SMILES string of the molecule is C/C(=N/NC(=O)CN(c1ccccc1F)S(C)(=O)=O)c1cccc([N+](=O)[O-])c1. The number of nitro groups is 1. The number of carbonyl (C=O) groups is 1. The van der Waals surface area contributed by atoms with Crippen molar-refractivity contribution in [2.75, 3.05) is 17.1 Å². The Hall–Kier alpha value is -3.34. The number of hydrazone groups is 1. The van der Waals surface area contributed by atoms with Crippen molar-refractivity contribution in [3.8, 4) is 0 Å². The lowest BCUT2D eigenvalue weighted by Crippen LogP contribution is -2.39. The number of rotatable bonds is 7. The molecule has 9 nitrogen and oxygen atoms in total. The first kappa shape index (κ1) is 21.0.